The number of aryl methyl sites for hydroxylation is 2. The SMILES string of the molecule is Cc1cc(C(N)=O)cc(C)c1NCC(O)CO. The van der Waals surface area contributed by atoms with Gasteiger partial charge in [0.25, 0.3) is 0 Å². The fourth-order valence-corrected chi connectivity index (χ4v) is 1.67. The number of primary amides is 1. The highest BCUT2D eigenvalue weighted by atomic mass is 16.3. The van der Waals surface area contributed by atoms with Gasteiger partial charge in [-0.2, -0.15) is 0 Å². The first kappa shape index (κ1) is 13.5. The third-order valence-corrected chi connectivity index (χ3v) is 2.54. The first-order valence-electron chi connectivity index (χ1n) is 5.39. The summed E-state index contributed by atoms with van der Waals surface area (Å²) in [6.07, 6.45) is -0.801. The fourth-order valence-electron chi connectivity index (χ4n) is 1.67. The summed E-state index contributed by atoms with van der Waals surface area (Å²) in [5.74, 6) is -0.460. The predicted octanol–water partition coefficient (Wildman–Crippen LogP) is 0.167. The van der Waals surface area contributed by atoms with Gasteiger partial charge in [0.05, 0.1) is 12.7 Å². The van der Waals surface area contributed by atoms with Crippen LogP contribution in [-0.2, 0) is 0 Å². The van der Waals surface area contributed by atoms with Crippen LogP contribution in [0.25, 0.3) is 0 Å². The van der Waals surface area contributed by atoms with E-state index in [9.17, 15) is 9.90 Å². The molecule has 1 atom stereocenters. The summed E-state index contributed by atoms with van der Waals surface area (Å²) < 4.78 is 0. The molecule has 0 saturated heterocycles. The Balaban J connectivity index is 2.90. The summed E-state index contributed by atoms with van der Waals surface area (Å²) in [6.45, 7) is 3.68. The zero-order valence-corrected chi connectivity index (χ0v) is 10.0. The van der Waals surface area contributed by atoms with Gasteiger partial charge in [-0.1, -0.05) is 0 Å². The summed E-state index contributed by atoms with van der Waals surface area (Å²) in [6, 6.07) is 3.39. The van der Waals surface area contributed by atoms with Crippen molar-refractivity contribution in [2.24, 2.45) is 5.73 Å². The normalized spacial score (nSPS) is 12.2. The molecule has 1 aromatic rings. The maximum Gasteiger partial charge on any atom is 0.248 e. The molecule has 0 bridgehead atoms. The predicted molar refractivity (Wildman–Crippen MR) is 66.0 cm³/mol. The molecule has 5 nitrogen and oxygen atoms in total. The summed E-state index contributed by atoms with van der Waals surface area (Å²) >= 11 is 0. The van der Waals surface area contributed by atoms with E-state index in [1.165, 1.54) is 0 Å². The molecule has 1 amide bonds. The highest BCUT2D eigenvalue weighted by Crippen LogP contribution is 2.22. The Bertz CT molecular complexity index is 395. The topological polar surface area (TPSA) is 95.6 Å². The van der Waals surface area contributed by atoms with E-state index in [1.807, 2.05) is 13.8 Å². The van der Waals surface area contributed by atoms with E-state index in [2.05, 4.69) is 5.32 Å². The summed E-state index contributed by atoms with van der Waals surface area (Å²) in [5.41, 5.74) is 8.29. The number of carbonyl (C=O) groups excluding carboxylic acids is 1. The fraction of sp³-hybridized carbons (Fsp3) is 0.417. The highest BCUT2D eigenvalue weighted by molar-refractivity contribution is 5.94. The minimum Gasteiger partial charge on any atom is -0.394 e. The molecule has 5 N–H and O–H groups in total. The van der Waals surface area contributed by atoms with Crippen molar-refractivity contribution in [3.63, 3.8) is 0 Å². The zero-order chi connectivity index (χ0) is 13.0. The van der Waals surface area contributed by atoms with Gasteiger partial charge in [0, 0.05) is 17.8 Å². The molecule has 0 aliphatic rings. The molecule has 1 aromatic carbocycles. The molecule has 17 heavy (non-hydrogen) atoms. The van der Waals surface area contributed by atoms with Crippen LogP contribution in [0, 0.1) is 13.8 Å². The smallest absolute Gasteiger partial charge is 0.248 e. The lowest BCUT2D eigenvalue weighted by Crippen LogP contribution is -2.23. The summed E-state index contributed by atoms with van der Waals surface area (Å²) in [7, 11) is 0. The van der Waals surface area contributed by atoms with Crippen molar-refractivity contribution in [3.05, 3.63) is 28.8 Å². The standard InChI is InChI=1S/C12H18N2O3/c1-7-3-9(12(13)17)4-8(2)11(7)14-5-10(16)6-15/h3-4,10,14-16H,5-6H2,1-2H3,(H2,13,17). The van der Waals surface area contributed by atoms with Gasteiger partial charge in [0.2, 0.25) is 5.91 Å². The van der Waals surface area contributed by atoms with E-state index >= 15 is 0 Å². The third kappa shape index (κ3) is 3.44. The lowest BCUT2D eigenvalue weighted by atomic mass is 10.0. The van der Waals surface area contributed by atoms with Gasteiger partial charge in [-0.3, -0.25) is 4.79 Å². The van der Waals surface area contributed by atoms with Crippen LogP contribution in [0.15, 0.2) is 12.1 Å². The van der Waals surface area contributed by atoms with Crippen molar-refractivity contribution in [2.45, 2.75) is 20.0 Å². The number of carbonyl (C=O) groups is 1. The molecule has 0 spiro atoms. The minimum atomic E-state index is -0.801. The van der Waals surface area contributed by atoms with Gasteiger partial charge in [0.15, 0.2) is 0 Å². The Labute approximate surface area is 100 Å². The van der Waals surface area contributed by atoms with Gasteiger partial charge < -0.3 is 21.3 Å². The van der Waals surface area contributed by atoms with E-state index in [1.54, 1.807) is 12.1 Å². The average Bonchev–Trinajstić information content (AvgIpc) is 2.27. The van der Waals surface area contributed by atoms with Crippen LogP contribution in [0.4, 0.5) is 5.69 Å². The Hall–Kier alpha value is -1.59. The molecule has 0 heterocycles. The number of hydrogen-bond donors (Lipinski definition) is 4. The van der Waals surface area contributed by atoms with Crippen molar-refractivity contribution in [3.8, 4) is 0 Å². The van der Waals surface area contributed by atoms with Gasteiger partial charge in [-0.25, -0.2) is 0 Å². The number of hydrogen-bond acceptors (Lipinski definition) is 4. The molecule has 0 radical (unpaired) electrons. The molecule has 94 valence electrons. The van der Waals surface area contributed by atoms with Crippen LogP contribution in [0.1, 0.15) is 21.5 Å². The Morgan fingerprint density at radius 1 is 1.41 bits per heavy atom. The second kappa shape index (κ2) is 5.65. The molecule has 0 fully saturated rings. The molecular weight excluding hydrogens is 220 g/mol. The van der Waals surface area contributed by atoms with Gasteiger partial charge in [-0.05, 0) is 37.1 Å². The first-order chi connectivity index (χ1) is 7.95. The van der Waals surface area contributed by atoms with E-state index in [0.29, 0.717) is 5.56 Å². The molecule has 1 unspecified atom stereocenters. The lowest BCUT2D eigenvalue weighted by Gasteiger charge is -2.15. The second-order valence-corrected chi connectivity index (χ2v) is 4.07. The van der Waals surface area contributed by atoms with E-state index < -0.39 is 12.0 Å². The van der Waals surface area contributed by atoms with Crippen LogP contribution in [0.5, 0.6) is 0 Å². The van der Waals surface area contributed by atoms with Crippen LogP contribution < -0.4 is 11.1 Å². The van der Waals surface area contributed by atoms with Crippen molar-refractivity contribution >= 4 is 11.6 Å². The Morgan fingerprint density at radius 3 is 2.35 bits per heavy atom. The van der Waals surface area contributed by atoms with E-state index in [4.69, 9.17) is 10.8 Å². The Kier molecular flexibility index (Phi) is 4.48. The number of nitrogens with two attached hydrogens (primary N) is 1. The van der Waals surface area contributed by atoms with Crippen LogP contribution >= 0.6 is 0 Å². The largest absolute Gasteiger partial charge is 0.394 e. The number of anilines is 1. The minimum absolute atomic E-state index is 0.258. The number of rotatable bonds is 5. The van der Waals surface area contributed by atoms with E-state index in [-0.39, 0.29) is 13.2 Å². The van der Waals surface area contributed by atoms with Crippen molar-refractivity contribution in [2.75, 3.05) is 18.5 Å². The van der Waals surface area contributed by atoms with Crippen LogP contribution in [0.3, 0.4) is 0 Å². The third-order valence-electron chi connectivity index (χ3n) is 2.54. The number of aliphatic hydroxyl groups excluding tert-OH is 2. The van der Waals surface area contributed by atoms with Crippen LogP contribution in [-0.4, -0.2) is 35.4 Å². The van der Waals surface area contributed by atoms with E-state index in [0.717, 1.165) is 16.8 Å². The highest BCUT2D eigenvalue weighted by Gasteiger charge is 2.09. The van der Waals surface area contributed by atoms with Crippen molar-refractivity contribution < 1.29 is 15.0 Å². The van der Waals surface area contributed by atoms with Crippen LogP contribution in [0.2, 0.25) is 0 Å². The summed E-state index contributed by atoms with van der Waals surface area (Å²) in [5, 5.41) is 21.0. The van der Waals surface area contributed by atoms with Crippen molar-refractivity contribution in [1.29, 1.82) is 0 Å². The zero-order valence-electron chi connectivity index (χ0n) is 10.0. The molecule has 1 rings (SSSR count). The lowest BCUT2D eigenvalue weighted by molar-refractivity contribution is 0.1000. The molecular formula is C12H18N2O3. The van der Waals surface area contributed by atoms with Crippen molar-refractivity contribution in [1.82, 2.24) is 0 Å². The second-order valence-electron chi connectivity index (χ2n) is 4.07. The average molecular weight is 238 g/mol. The maximum absolute atomic E-state index is 11.1. The molecule has 0 saturated carbocycles. The van der Waals surface area contributed by atoms with Gasteiger partial charge >= 0.3 is 0 Å². The maximum atomic E-state index is 11.1. The monoisotopic (exact) mass is 238 g/mol. The van der Waals surface area contributed by atoms with Gasteiger partial charge in [-0.15, -0.1) is 0 Å². The number of aliphatic hydroxyl groups is 2. The molecule has 0 aliphatic heterocycles. The number of amides is 1. The number of nitrogens with one attached hydrogen (secondary N) is 1. The molecule has 5 heteroatoms. The first-order valence-corrected chi connectivity index (χ1v) is 5.39. The Morgan fingerprint density at radius 2 is 1.94 bits per heavy atom. The molecule has 0 aliphatic carbocycles. The molecule has 0 aromatic heterocycles. The quantitative estimate of drug-likeness (QED) is 0.588. The summed E-state index contributed by atoms with van der Waals surface area (Å²) in [4.78, 5) is 11.1. The number of benzene rings is 1. The van der Waals surface area contributed by atoms with Gasteiger partial charge in [0.1, 0.15) is 0 Å².